The number of carbonyl (C=O) groups excluding carboxylic acids is 2. The first-order chi connectivity index (χ1) is 9.19. The molecule has 4 nitrogen and oxygen atoms in total. The molecule has 2 fully saturated rings. The van der Waals surface area contributed by atoms with E-state index in [4.69, 9.17) is 9.47 Å². The Morgan fingerprint density at radius 3 is 2.37 bits per heavy atom. The Labute approximate surface area is 115 Å². The normalized spacial score (nSPS) is 22.0. The van der Waals surface area contributed by atoms with Gasteiger partial charge in [0.05, 0.1) is 0 Å². The third-order valence-corrected chi connectivity index (χ3v) is 4.26. The van der Waals surface area contributed by atoms with Crippen molar-refractivity contribution >= 4 is 29.4 Å². The first-order valence-electron chi connectivity index (χ1n) is 6.40. The second-order valence-electron chi connectivity index (χ2n) is 4.82. The summed E-state index contributed by atoms with van der Waals surface area (Å²) in [6, 6.07) is 3.70. The molecular weight excluding hydrogens is 264 g/mol. The van der Waals surface area contributed by atoms with Crippen molar-refractivity contribution in [1.82, 2.24) is 0 Å². The highest BCUT2D eigenvalue weighted by Crippen LogP contribution is 2.37. The Morgan fingerprint density at radius 2 is 1.79 bits per heavy atom. The molecule has 1 aromatic heterocycles. The number of ether oxygens (including phenoxy) is 2. The fraction of sp³-hybridized carbons (Fsp3) is 0.429. The van der Waals surface area contributed by atoms with Gasteiger partial charge in [0.2, 0.25) is 0 Å². The van der Waals surface area contributed by atoms with Gasteiger partial charge in [-0.1, -0.05) is 12.5 Å². The summed E-state index contributed by atoms with van der Waals surface area (Å²) in [5.41, 5.74) is -0.0151. The molecule has 0 bridgehead atoms. The molecule has 0 unspecified atom stereocenters. The summed E-state index contributed by atoms with van der Waals surface area (Å²) in [5.74, 6) is -2.13. The van der Waals surface area contributed by atoms with Gasteiger partial charge in [-0.25, -0.2) is 9.59 Å². The maximum Gasteiger partial charge on any atom is 0.348 e. The molecule has 0 radical (unpaired) electrons. The predicted octanol–water partition coefficient (Wildman–Crippen LogP) is 2.89. The molecule has 100 valence electrons. The summed E-state index contributed by atoms with van der Waals surface area (Å²) < 4.78 is 10.8. The Bertz CT molecular complexity index is 502. The summed E-state index contributed by atoms with van der Waals surface area (Å²) >= 11 is 1.46. The zero-order chi connectivity index (χ0) is 13.3. The Kier molecular flexibility index (Phi) is 3.14. The van der Waals surface area contributed by atoms with Gasteiger partial charge in [0.25, 0.3) is 5.79 Å². The zero-order valence-corrected chi connectivity index (χ0v) is 11.2. The van der Waals surface area contributed by atoms with E-state index in [1.54, 1.807) is 0 Å². The second kappa shape index (κ2) is 4.81. The molecule has 1 saturated heterocycles. The van der Waals surface area contributed by atoms with Crippen molar-refractivity contribution in [3.63, 3.8) is 0 Å². The lowest BCUT2D eigenvalue weighted by atomic mass is 9.93. The predicted molar refractivity (Wildman–Crippen MR) is 70.3 cm³/mol. The number of hydrogen-bond acceptors (Lipinski definition) is 5. The Morgan fingerprint density at radius 1 is 1.11 bits per heavy atom. The van der Waals surface area contributed by atoms with E-state index < -0.39 is 17.7 Å². The first kappa shape index (κ1) is 12.4. The lowest BCUT2D eigenvalue weighted by Gasteiger charge is -2.38. The van der Waals surface area contributed by atoms with E-state index in [1.165, 1.54) is 17.4 Å². The van der Waals surface area contributed by atoms with Crippen molar-refractivity contribution in [2.75, 3.05) is 0 Å². The van der Waals surface area contributed by atoms with Crippen LogP contribution in [0.4, 0.5) is 0 Å². The summed E-state index contributed by atoms with van der Waals surface area (Å²) in [6.45, 7) is 0. The fourth-order valence-electron chi connectivity index (χ4n) is 2.48. The average Bonchev–Trinajstić information content (AvgIpc) is 2.88. The van der Waals surface area contributed by atoms with E-state index in [1.807, 2.05) is 17.5 Å². The molecular formula is C14H14O4S. The minimum atomic E-state index is -1.00. The monoisotopic (exact) mass is 278 g/mol. The molecule has 3 rings (SSSR count). The van der Waals surface area contributed by atoms with Crippen molar-refractivity contribution in [3.8, 4) is 0 Å². The van der Waals surface area contributed by atoms with Crippen LogP contribution in [0.3, 0.4) is 0 Å². The summed E-state index contributed by atoms with van der Waals surface area (Å²) in [7, 11) is 0. The summed E-state index contributed by atoms with van der Waals surface area (Å²) in [5, 5.41) is 1.88. The molecule has 0 atom stereocenters. The van der Waals surface area contributed by atoms with Gasteiger partial charge in [-0.15, -0.1) is 11.3 Å². The van der Waals surface area contributed by atoms with E-state index >= 15 is 0 Å². The van der Waals surface area contributed by atoms with Crippen LogP contribution >= 0.6 is 11.3 Å². The molecule has 0 N–H and O–H groups in total. The van der Waals surface area contributed by atoms with Crippen molar-refractivity contribution in [3.05, 3.63) is 28.0 Å². The smallest absolute Gasteiger partial charge is 0.348 e. The first-order valence-corrected chi connectivity index (χ1v) is 7.28. The van der Waals surface area contributed by atoms with Gasteiger partial charge in [0.15, 0.2) is 0 Å². The molecule has 0 aromatic carbocycles. The van der Waals surface area contributed by atoms with Crippen molar-refractivity contribution in [2.45, 2.75) is 37.9 Å². The summed E-state index contributed by atoms with van der Waals surface area (Å²) in [6.07, 6.45) is 5.68. The van der Waals surface area contributed by atoms with Gasteiger partial charge in [-0.3, -0.25) is 0 Å². The van der Waals surface area contributed by atoms with Crippen LogP contribution in [0.5, 0.6) is 0 Å². The van der Waals surface area contributed by atoms with E-state index in [9.17, 15) is 9.59 Å². The van der Waals surface area contributed by atoms with Crippen LogP contribution < -0.4 is 0 Å². The van der Waals surface area contributed by atoms with E-state index in [0.717, 1.165) is 24.1 Å². The van der Waals surface area contributed by atoms with Crippen LogP contribution in [0, 0.1) is 0 Å². The van der Waals surface area contributed by atoms with Gasteiger partial charge in [0.1, 0.15) is 5.57 Å². The Balaban J connectivity index is 1.84. The number of carbonyl (C=O) groups is 2. The average molecular weight is 278 g/mol. The number of esters is 2. The van der Waals surface area contributed by atoms with Gasteiger partial charge >= 0.3 is 11.9 Å². The third kappa shape index (κ3) is 2.42. The van der Waals surface area contributed by atoms with Crippen LogP contribution in [0.1, 0.15) is 37.0 Å². The van der Waals surface area contributed by atoms with Gasteiger partial charge in [-0.2, -0.15) is 0 Å². The van der Waals surface area contributed by atoms with E-state index in [-0.39, 0.29) is 5.57 Å². The van der Waals surface area contributed by atoms with Crippen LogP contribution in [0.2, 0.25) is 0 Å². The molecule has 1 aromatic rings. The maximum absolute atomic E-state index is 12.0. The van der Waals surface area contributed by atoms with Crippen molar-refractivity contribution in [2.24, 2.45) is 0 Å². The van der Waals surface area contributed by atoms with E-state index in [0.29, 0.717) is 12.8 Å². The van der Waals surface area contributed by atoms with E-state index in [2.05, 4.69) is 0 Å². The quantitative estimate of drug-likeness (QED) is 0.450. The van der Waals surface area contributed by atoms with Gasteiger partial charge in [-0.05, 0) is 30.4 Å². The SMILES string of the molecule is O=C1OC2(CCCCC2)OC(=O)C1=Cc1cccs1. The van der Waals surface area contributed by atoms with Crippen LogP contribution in [-0.4, -0.2) is 17.7 Å². The molecule has 2 aliphatic rings. The molecule has 1 aliphatic carbocycles. The molecule has 2 heterocycles. The number of hydrogen-bond donors (Lipinski definition) is 0. The zero-order valence-electron chi connectivity index (χ0n) is 10.4. The molecule has 0 amide bonds. The lowest BCUT2D eigenvalue weighted by molar-refractivity contribution is -0.244. The highest BCUT2D eigenvalue weighted by molar-refractivity contribution is 7.10. The van der Waals surface area contributed by atoms with Crippen molar-refractivity contribution < 1.29 is 19.1 Å². The highest BCUT2D eigenvalue weighted by atomic mass is 32.1. The third-order valence-electron chi connectivity index (χ3n) is 3.44. The fourth-order valence-corrected chi connectivity index (χ4v) is 3.14. The summed E-state index contributed by atoms with van der Waals surface area (Å²) in [4.78, 5) is 24.9. The number of thiophene rings is 1. The number of rotatable bonds is 1. The van der Waals surface area contributed by atoms with Crippen LogP contribution in [-0.2, 0) is 19.1 Å². The minimum Gasteiger partial charge on any atom is -0.419 e. The molecule has 19 heavy (non-hydrogen) atoms. The highest BCUT2D eigenvalue weighted by Gasteiger charge is 2.46. The minimum absolute atomic E-state index is 0.0151. The Hall–Kier alpha value is -1.62. The molecule has 1 spiro atoms. The molecule has 1 saturated carbocycles. The van der Waals surface area contributed by atoms with Gasteiger partial charge < -0.3 is 9.47 Å². The molecule has 5 heteroatoms. The van der Waals surface area contributed by atoms with Gasteiger partial charge in [0, 0.05) is 17.7 Å². The second-order valence-corrected chi connectivity index (χ2v) is 5.80. The standard InChI is InChI=1S/C14H14O4S/c15-12-11(9-10-5-4-8-19-10)13(16)18-14(17-12)6-2-1-3-7-14/h4-5,8-9H,1-3,6-7H2. The van der Waals surface area contributed by atoms with Crippen molar-refractivity contribution in [1.29, 1.82) is 0 Å². The lowest BCUT2D eigenvalue weighted by Crippen LogP contribution is -2.47. The topological polar surface area (TPSA) is 52.6 Å². The van der Waals surface area contributed by atoms with Crippen LogP contribution in [0.25, 0.3) is 6.08 Å². The maximum atomic E-state index is 12.0. The van der Waals surface area contributed by atoms with Crippen LogP contribution in [0.15, 0.2) is 23.1 Å². The molecule has 1 aliphatic heterocycles. The largest absolute Gasteiger partial charge is 0.419 e.